The first-order valence-corrected chi connectivity index (χ1v) is 12.1. The molecule has 5 nitrogen and oxygen atoms in total. The smallest absolute Gasteiger partial charge is 0.237 e. The van der Waals surface area contributed by atoms with Crippen molar-refractivity contribution in [3.05, 3.63) is 0 Å². The summed E-state index contributed by atoms with van der Waals surface area (Å²) in [5.41, 5.74) is 0.249. The zero-order valence-electron chi connectivity index (χ0n) is 17.1. The van der Waals surface area contributed by atoms with Crippen molar-refractivity contribution in [2.24, 2.45) is 17.3 Å². The Bertz CT molecular complexity index is 642. The number of hydrogen-bond acceptors (Lipinski definition) is 3. The van der Waals surface area contributed by atoms with Crippen LogP contribution in [0.4, 0.5) is 0 Å². The van der Waals surface area contributed by atoms with Gasteiger partial charge in [0.15, 0.2) is 0 Å². The van der Waals surface area contributed by atoms with Crippen LogP contribution < -0.4 is 5.32 Å². The Hall–Kier alpha value is -0.620. The summed E-state index contributed by atoms with van der Waals surface area (Å²) >= 11 is 4.07. The molecule has 1 aliphatic heterocycles. The molecule has 0 aromatic carbocycles. The fourth-order valence-electron chi connectivity index (χ4n) is 7.05. The summed E-state index contributed by atoms with van der Waals surface area (Å²) in [5, 5.41) is 3.11. The maximum atomic E-state index is 13.2. The van der Waals surface area contributed by atoms with E-state index >= 15 is 0 Å². The Labute approximate surface area is 177 Å². The van der Waals surface area contributed by atoms with Gasteiger partial charge in [0.25, 0.3) is 0 Å². The maximum Gasteiger partial charge on any atom is 0.237 e. The van der Waals surface area contributed by atoms with Crippen molar-refractivity contribution in [3.63, 3.8) is 0 Å². The van der Waals surface area contributed by atoms with Gasteiger partial charge in [-0.05, 0) is 75.5 Å². The molecule has 0 aromatic heterocycles. The standard InChI is InChI=1S/C22H34BrN3O2/c1-15(20(28)24-18-2-3-18)25-4-6-26(7-5-25)19(27)13-21-9-16-8-17(10-21)12-22(23,11-16)14-21/h15-18H,2-14H2,1H3,(H,24,28). The van der Waals surface area contributed by atoms with Crippen molar-refractivity contribution in [2.45, 2.75) is 81.1 Å². The van der Waals surface area contributed by atoms with E-state index in [-0.39, 0.29) is 17.4 Å². The third-order valence-electron chi connectivity index (χ3n) is 8.15. The molecule has 28 heavy (non-hydrogen) atoms. The molecule has 3 atom stereocenters. The first kappa shape index (κ1) is 19.3. The van der Waals surface area contributed by atoms with Crippen molar-refractivity contribution in [1.29, 1.82) is 0 Å². The van der Waals surface area contributed by atoms with Crippen LogP contribution in [0.1, 0.15) is 64.7 Å². The summed E-state index contributed by atoms with van der Waals surface area (Å²) in [4.78, 5) is 29.8. The highest BCUT2D eigenvalue weighted by Gasteiger charge is 2.57. The second-order valence-corrected chi connectivity index (χ2v) is 12.3. The molecule has 5 aliphatic carbocycles. The van der Waals surface area contributed by atoms with E-state index in [0.717, 1.165) is 57.3 Å². The number of carbonyl (C=O) groups excluding carboxylic acids is 2. The van der Waals surface area contributed by atoms with E-state index in [9.17, 15) is 9.59 Å². The molecule has 0 aromatic rings. The zero-order valence-corrected chi connectivity index (χ0v) is 18.7. The van der Waals surface area contributed by atoms with Crippen molar-refractivity contribution in [3.8, 4) is 0 Å². The lowest BCUT2D eigenvalue weighted by atomic mass is 9.48. The lowest BCUT2D eigenvalue weighted by Crippen LogP contribution is -2.57. The summed E-state index contributed by atoms with van der Waals surface area (Å²) in [7, 11) is 0. The van der Waals surface area contributed by atoms with Crippen LogP contribution in [0.5, 0.6) is 0 Å². The predicted molar refractivity (Wildman–Crippen MR) is 112 cm³/mol. The predicted octanol–water partition coefficient (Wildman–Crippen LogP) is 2.92. The minimum absolute atomic E-state index is 0.0886. The van der Waals surface area contributed by atoms with Gasteiger partial charge < -0.3 is 10.2 Å². The highest BCUT2D eigenvalue weighted by Crippen LogP contribution is 2.65. The molecule has 2 amide bonds. The molecule has 6 heteroatoms. The number of hydrogen-bond donors (Lipinski definition) is 1. The molecule has 1 N–H and O–H groups in total. The quantitative estimate of drug-likeness (QED) is 0.653. The van der Waals surface area contributed by atoms with Crippen LogP contribution in [0, 0.1) is 17.3 Å². The summed E-state index contributed by atoms with van der Waals surface area (Å²) in [6.07, 6.45) is 10.7. The summed E-state index contributed by atoms with van der Waals surface area (Å²) in [6.45, 7) is 5.15. The molecular formula is C22H34BrN3O2. The molecule has 1 heterocycles. The van der Waals surface area contributed by atoms with Gasteiger partial charge >= 0.3 is 0 Å². The fraction of sp³-hybridized carbons (Fsp3) is 0.909. The Kier molecular flexibility index (Phi) is 4.82. The average Bonchev–Trinajstić information content (AvgIpc) is 3.42. The van der Waals surface area contributed by atoms with Crippen LogP contribution in [-0.4, -0.2) is 64.2 Å². The van der Waals surface area contributed by atoms with E-state index in [1.165, 1.54) is 38.5 Å². The third kappa shape index (κ3) is 3.76. The number of rotatable bonds is 5. The van der Waals surface area contributed by atoms with Crippen LogP contribution in [0.15, 0.2) is 0 Å². The van der Waals surface area contributed by atoms with Crippen LogP contribution >= 0.6 is 15.9 Å². The monoisotopic (exact) mass is 451 g/mol. The lowest BCUT2D eigenvalue weighted by molar-refractivity contribution is -0.140. The number of alkyl halides is 1. The Morgan fingerprint density at radius 2 is 1.71 bits per heavy atom. The van der Waals surface area contributed by atoms with E-state index in [4.69, 9.17) is 0 Å². The average molecular weight is 452 g/mol. The largest absolute Gasteiger partial charge is 0.352 e. The number of carbonyl (C=O) groups is 2. The minimum Gasteiger partial charge on any atom is -0.352 e. The van der Waals surface area contributed by atoms with Gasteiger partial charge in [0.05, 0.1) is 6.04 Å². The zero-order chi connectivity index (χ0) is 19.5. The molecule has 6 fully saturated rings. The summed E-state index contributed by atoms with van der Waals surface area (Å²) in [5.74, 6) is 2.17. The lowest BCUT2D eigenvalue weighted by Gasteiger charge is -2.60. The van der Waals surface area contributed by atoms with Gasteiger partial charge in [-0.15, -0.1) is 0 Å². The SMILES string of the molecule is CC(C(=O)NC1CC1)N1CCN(C(=O)CC23CC4CC(CC(Br)(C4)C2)C3)CC1. The first-order valence-electron chi connectivity index (χ1n) is 11.3. The molecule has 6 rings (SSSR count). The van der Waals surface area contributed by atoms with E-state index in [1.54, 1.807) is 0 Å². The van der Waals surface area contributed by atoms with E-state index in [2.05, 4.69) is 31.0 Å². The highest BCUT2D eigenvalue weighted by atomic mass is 79.9. The van der Waals surface area contributed by atoms with Crippen LogP contribution in [0.2, 0.25) is 0 Å². The van der Waals surface area contributed by atoms with Gasteiger partial charge in [0, 0.05) is 43.0 Å². The fourth-order valence-corrected chi connectivity index (χ4v) is 8.56. The molecular weight excluding hydrogens is 418 g/mol. The van der Waals surface area contributed by atoms with E-state index < -0.39 is 0 Å². The Morgan fingerprint density at radius 1 is 1.07 bits per heavy atom. The number of piperazine rings is 1. The van der Waals surface area contributed by atoms with Gasteiger partial charge in [-0.25, -0.2) is 0 Å². The van der Waals surface area contributed by atoms with Gasteiger partial charge in [0.1, 0.15) is 0 Å². The third-order valence-corrected chi connectivity index (χ3v) is 9.08. The number of halogens is 1. The van der Waals surface area contributed by atoms with E-state index in [0.29, 0.717) is 16.3 Å². The topological polar surface area (TPSA) is 52.7 Å². The molecule has 156 valence electrons. The minimum atomic E-state index is -0.0886. The second kappa shape index (κ2) is 6.97. The summed E-state index contributed by atoms with van der Waals surface area (Å²) in [6, 6.07) is 0.324. The van der Waals surface area contributed by atoms with Crippen LogP contribution in [0.3, 0.4) is 0 Å². The van der Waals surface area contributed by atoms with Crippen LogP contribution in [-0.2, 0) is 9.59 Å². The normalized spacial score (nSPS) is 41.1. The first-order chi connectivity index (χ1) is 13.3. The number of nitrogens with one attached hydrogen (secondary N) is 1. The van der Waals surface area contributed by atoms with Crippen molar-refractivity contribution in [2.75, 3.05) is 26.2 Å². The van der Waals surface area contributed by atoms with Gasteiger partial charge in [-0.3, -0.25) is 14.5 Å². The van der Waals surface area contributed by atoms with Gasteiger partial charge in [-0.1, -0.05) is 15.9 Å². The number of amides is 2. The molecule has 1 saturated heterocycles. The van der Waals surface area contributed by atoms with Crippen LogP contribution in [0.25, 0.3) is 0 Å². The summed E-state index contributed by atoms with van der Waals surface area (Å²) < 4.78 is 0.320. The Balaban J connectivity index is 1.15. The van der Waals surface area contributed by atoms with Crippen molar-refractivity contribution < 1.29 is 9.59 Å². The van der Waals surface area contributed by atoms with Crippen molar-refractivity contribution >= 4 is 27.7 Å². The van der Waals surface area contributed by atoms with Gasteiger partial charge in [0.2, 0.25) is 11.8 Å². The van der Waals surface area contributed by atoms with E-state index in [1.807, 2.05) is 6.92 Å². The molecule has 4 bridgehead atoms. The second-order valence-electron chi connectivity index (χ2n) is 10.7. The van der Waals surface area contributed by atoms with Crippen molar-refractivity contribution in [1.82, 2.24) is 15.1 Å². The number of nitrogens with zero attached hydrogens (tertiary/aromatic N) is 2. The molecule has 6 aliphatic rings. The molecule has 5 saturated carbocycles. The molecule has 3 unspecified atom stereocenters. The maximum absolute atomic E-state index is 13.2. The van der Waals surface area contributed by atoms with Gasteiger partial charge in [-0.2, -0.15) is 0 Å². The molecule has 0 radical (unpaired) electrons. The molecule has 0 spiro atoms. The Morgan fingerprint density at radius 3 is 2.29 bits per heavy atom. The highest BCUT2D eigenvalue weighted by molar-refractivity contribution is 9.10.